The molecule has 0 radical (unpaired) electrons. The number of carbonyl (C=O) groups is 2. The predicted molar refractivity (Wildman–Crippen MR) is 98.6 cm³/mol. The number of likely N-dealkylation sites (tertiary alicyclic amines) is 1. The zero-order valence-corrected chi connectivity index (χ0v) is 15.7. The Morgan fingerprint density at radius 3 is 2.31 bits per heavy atom. The third kappa shape index (κ3) is 4.84. The zero-order valence-electron chi connectivity index (χ0n) is 15.0. The number of amides is 2. The number of piperidine rings is 1. The summed E-state index contributed by atoms with van der Waals surface area (Å²) in [4.78, 5) is 26.2. The minimum Gasteiger partial charge on any atom is -0.389 e. The first kappa shape index (κ1) is 19.3. The SMILES string of the molecule is O=C1CC2(CCCCC2)CC(=O)N1CC(O)COCc1ccc(Cl)cc1. The van der Waals surface area contributed by atoms with E-state index < -0.39 is 6.10 Å². The van der Waals surface area contributed by atoms with Crippen LogP contribution < -0.4 is 0 Å². The molecule has 1 aromatic rings. The summed E-state index contributed by atoms with van der Waals surface area (Å²) in [5.41, 5.74) is 0.824. The molecule has 5 nitrogen and oxygen atoms in total. The maximum atomic E-state index is 12.5. The average molecular weight is 380 g/mol. The van der Waals surface area contributed by atoms with Crippen LogP contribution in [0.2, 0.25) is 5.02 Å². The smallest absolute Gasteiger partial charge is 0.229 e. The summed E-state index contributed by atoms with van der Waals surface area (Å²) in [6, 6.07) is 7.28. The monoisotopic (exact) mass is 379 g/mol. The topological polar surface area (TPSA) is 66.8 Å². The maximum absolute atomic E-state index is 12.5. The van der Waals surface area contributed by atoms with Gasteiger partial charge in [-0.2, -0.15) is 0 Å². The van der Waals surface area contributed by atoms with E-state index in [1.807, 2.05) is 12.1 Å². The van der Waals surface area contributed by atoms with Crippen molar-refractivity contribution in [3.63, 3.8) is 0 Å². The number of aliphatic hydroxyl groups excluding tert-OH is 1. The molecular formula is C20H26ClNO4. The van der Waals surface area contributed by atoms with E-state index in [1.165, 1.54) is 11.3 Å². The minimum atomic E-state index is -0.879. The molecule has 1 heterocycles. The summed E-state index contributed by atoms with van der Waals surface area (Å²) in [6.45, 7) is 0.429. The number of β-amino-alcohol motifs (C(OH)–C–C–N with tert-alkyl or cyclic N) is 1. The Morgan fingerprint density at radius 2 is 1.69 bits per heavy atom. The molecule has 26 heavy (non-hydrogen) atoms. The first-order valence-electron chi connectivity index (χ1n) is 9.31. The standard InChI is InChI=1S/C20H26ClNO4/c21-16-6-4-15(5-7-16)13-26-14-17(23)12-22-18(24)10-20(11-19(22)25)8-2-1-3-9-20/h4-7,17,23H,1-3,8-14H2. The predicted octanol–water partition coefficient (Wildman–Crippen LogP) is 3.32. The molecule has 1 unspecified atom stereocenters. The van der Waals surface area contributed by atoms with Crippen LogP contribution in [-0.4, -0.2) is 41.1 Å². The molecule has 2 fully saturated rings. The van der Waals surface area contributed by atoms with Crippen molar-refractivity contribution in [2.75, 3.05) is 13.2 Å². The van der Waals surface area contributed by atoms with Crippen molar-refractivity contribution >= 4 is 23.4 Å². The van der Waals surface area contributed by atoms with E-state index in [9.17, 15) is 14.7 Å². The van der Waals surface area contributed by atoms with Crippen molar-refractivity contribution in [2.24, 2.45) is 5.41 Å². The van der Waals surface area contributed by atoms with Crippen LogP contribution in [-0.2, 0) is 20.9 Å². The second-order valence-electron chi connectivity index (χ2n) is 7.61. The summed E-state index contributed by atoms with van der Waals surface area (Å²) in [5.74, 6) is -0.306. The van der Waals surface area contributed by atoms with Gasteiger partial charge in [0.1, 0.15) is 0 Å². The van der Waals surface area contributed by atoms with Gasteiger partial charge in [-0.1, -0.05) is 43.0 Å². The van der Waals surface area contributed by atoms with Crippen molar-refractivity contribution in [2.45, 2.75) is 57.7 Å². The van der Waals surface area contributed by atoms with Crippen LogP contribution in [0.1, 0.15) is 50.5 Å². The highest BCUT2D eigenvalue weighted by Gasteiger charge is 2.44. The number of benzene rings is 1. The zero-order chi connectivity index (χ0) is 18.6. The first-order valence-corrected chi connectivity index (χ1v) is 9.69. The number of rotatable bonds is 6. The van der Waals surface area contributed by atoms with Gasteiger partial charge in [0.2, 0.25) is 11.8 Å². The molecule has 1 aliphatic carbocycles. The van der Waals surface area contributed by atoms with Crippen LogP contribution in [0.15, 0.2) is 24.3 Å². The minimum absolute atomic E-state index is 0.00830. The summed E-state index contributed by atoms with van der Waals surface area (Å²) in [5, 5.41) is 10.8. The number of carbonyl (C=O) groups excluding carboxylic acids is 2. The molecule has 1 atom stereocenters. The molecule has 0 aromatic heterocycles. The van der Waals surface area contributed by atoms with E-state index in [2.05, 4.69) is 0 Å². The van der Waals surface area contributed by atoms with E-state index in [0.29, 0.717) is 24.5 Å². The fourth-order valence-electron chi connectivity index (χ4n) is 4.05. The number of hydrogen-bond donors (Lipinski definition) is 1. The fraction of sp³-hybridized carbons (Fsp3) is 0.600. The first-order chi connectivity index (χ1) is 12.5. The molecule has 1 aliphatic heterocycles. The van der Waals surface area contributed by atoms with Crippen molar-refractivity contribution < 1.29 is 19.4 Å². The van der Waals surface area contributed by atoms with Crippen molar-refractivity contribution in [3.8, 4) is 0 Å². The fourth-order valence-corrected chi connectivity index (χ4v) is 4.18. The lowest BCUT2D eigenvalue weighted by Gasteiger charge is -2.42. The Labute approximate surface area is 159 Å². The average Bonchev–Trinajstić information content (AvgIpc) is 2.61. The summed E-state index contributed by atoms with van der Waals surface area (Å²) in [6.07, 6.45) is 5.29. The third-order valence-electron chi connectivity index (χ3n) is 5.45. The van der Waals surface area contributed by atoms with Gasteiger partial charge in [0, 0.05) is 17.9 Å². The highest BCUT2D eigenvalue weighted by atomic mass is 35.5. The lowest BCUT2D eigenvalue weighted by Crippen LogP contribution is -2.51. The van der Waals surface area contributed by atoms with Gasteiger partial charge in [0.15, 0.2) is 0 Å². The van der Waals surface area contributed by atoms with E-state index in [1.54, 1.807) is 12.1 Å². The largest absolute Gasteiger partial charge is 0.389 e. The Hall–Kier alpha value is -1.43. The van der Waals surface area contributed by atoms with Crippen molar-refractivity contribution in [1.82, 2.24) is 4.90 Å². The Kier molecular flexibility index (Phi) is 6.33. The quantitative estimate of drug-likeness (QED) is 0.770. The molecule has 1 N–H and O–H groups in total. The molecule has 142 valence electrons. The molecule has 1 saturated heterocycles. The Balaban J connectivity index is 1.46. The van der Waals surface area contributed by atoms with Gasteiger partial charge in [-0.15, -0.1) is 0 Å². The van der Waals surface area contributed by atoms with Crippen LogP contribution >= 0.6 is 11.6 Å². The Morgan fingerprint density at radius 1 is 1.08 bits per heavy atom. The molecule has 2 amide bonds. The van der Waals surface area contributed by atoms with Gasteiger partial charge in [0.25, 0.3) is 0 Å². The second-order valence-corrected chi connectivity index (χ2v) is 8.04. The normalized spacial score (nSPS) is 21.2. The van der Waals surface area contributed by atoms with E-state index >= 15 is 0 Å². The third-order valence-corrected chi connectivity index (χ3v) is 5.71. The number of hydrogen-bond acceptors (Lipinski definition) is 4. The van der Waals surface area contributed by atoms with Crippen molar-refractivity contribution in [3.05, 3.63) is 34.9 Å². The number of imide groups is 1. The number of aliphatic hydroxyl groups is 1. The van der Waals surface area contributed by atoms with Crippen LogP contribution in [0.25, 0.3) is 0 Å². The number of ether oxygens (including phenoxy) is 1. The Bertz CT molecular complexity index is 620. The highest BCUT2D eigenvalue weighted by Crippen LogP contribution is 2.45. The molecule has 0 bridgehead atoms. The summed E-state index contributed by atoms with van der Waals surface area (Å²) in [7, 11) is 0. The molecule has 6 heteroatoms. The molecule has 1 saturated carbocycles. The maximum Gasteiger partial charge on any atom is 0.229 e. The molecule has 3 rings (SSSR count). The van der Waals surface area contributed by atoms with Gasteiger partial charge in [-0.25, -0.2) is 0 Å². The van der Waals surface area contributed by atoms with E-state index in [4.69, 9.17) is 16.3 Å². The van der Waals surface area contributed by atoms with Gasteiger partial charge in [-0.3, -0.25) is 14.5 Å². The van der Waals surface area contributed by atoms with Crippen LogP contribution in [0.5, 0.6) is 0 Å². The van der Waals surface area contributed by atoms with E-state index in [-0.39, 0.29) is 30.4 Å². The van der Waals surface area contributed by atoms with Crippen LogP contribution in [0, 0.1) is 5.41 Å². The lowest BCUT2D eigenvalue weighted by molar-refractivity contribution is -0.157. The number of nitrogens with zero attached hydrogens (tertiary/aromatic N) is 1. The van der Waals surface area contributed by atoms with Gasteiger partial charge in [0.05, 0.1) is 25.9 Å². The van der Waals surface area contributed by atoms with Crippen molar-refractivity contribution in [1.29, 1.82) is 0 Å². The van der Waals surface area contributed by atoms with Crippen LogP contribution in [0.4, 0.5) is 0 Å². The van der Waals surface area contributed by atoms with Gasteiger partial charge >= 0.3 is 0 Å². The second kappa shape index (κ2) is 8.51. The van der Waals surface area contributed by atoms with Gasteiger partial charge in [-0.05, 0) is 36.0 Å². The van der Waals surface area contributed by atoms with Gasteiger partial charge < -0.3 is 9.84 Å². The lowest BCUT2D eigenvalue weighted by atomic mass is 9.67. The van der Waals surface area contributed by atoms with E-state index in [0.717, 1.165) is 31.2 Å². The molecular weight excluding hydrogens is 354 g/mol. The molecule has 1 spiro atoms. The highest BCUT2D eigenvalue weighted by molar-refractivity contribution is 6.30. The summed E-state index contributed by atoms with van der Waals surface area (Å²) < 4.78 is 5.50. The number of halogens is 1. The summed E-state index contributed by atoms with van der Waals surface area (Å²) >= 11 is 5.84. The van der Waals surface area contributed by atoms with Crippen LogP contribution in [0.3, 0.4) is 0 Å². The molecule has 1 aromatic carbocycles. The molecule has 2 aliphatic rings.